The van der Waals surface area contributed by atoms with E-state index in [4.69, 9.17) is 16.1 Å². The fourth-order valence-electron chi connectivity index (χ4n) is 3.27. The van der Waals surface area contributed by atoms with Gasteiger partial charge in [-0.2, -0.15) is 4.98 Å². The molecule has 5 rings (SSSR count). The Bertz CT molecular complexity index is 993. The molecule has 2 aromatic heterocycles. The van der Waals surface area contributed by atoms with Crippen molar-refractivity contribution >= 4 is 28.5 Å². The lowest BCUT2D eigenvalue weighted by atomic mass is 10.2. The van der Waals surface area contributed by atoms with Gasteiger partial charge in [-0.15, -0.1) is 0 Å². The Balaban J connectivity index is 1.24. The van der Waals surface area contributed by atoms with Crippen LogP contribution in [0, 0.1) is 5.92 Å². The van der Waals surface area contributed by atoms with E-state index in [9.17, 15) is 4.79 Å². The second-order valence-corrected chi connectivity index (χ2v) is 7.66. The van der Waals surface area contributed by atoms with Crippen LogP contribution in [0.3, 0.4) is 0 Å². The molecule has 3 atom stereocenters. The molecule has 2 aliphatic carbocycles. The zero-order chi connectivity index (χ0) is 17.8. The van der Waals surface area contributed by atoms with Crippen LogP contribution in [-0.2, 0) is 4.79 Å². The third-order valence-electron chi connectivity index (χ3n) is 5.07. The molecule has 0 aliphatic heterocycles. The molecule has 26 heavy (non-hydrogen) atoms. The first-order chi connectivity index (χ1) is 12.6. The molecule has 0 radical (unpaired) electrons. The fourth-order valence-corrected chi connectivity index (χ4v) is 3.44. The Morgan fingerprint density at radius 1 is 1.38 bits per heavy atom. The number of fused-ring (bicyclic) bond motifs is 1. The molecule has 1 aromatic carbocycles. The Labute approximate surface area is 154 Å². The lowest BCUT2D eigenvalue weighted by Gasteiger charge is -2.09. The molecule has 3 aromatic rings. The second kappa shape index (κ2) is 5.81. The number of H-pyrrole nitrogens is 1. The zero-order valence-electron chi connectivity index (χ0n) is 14.2. The summed E-state index contributed by atoms with van der Waals surface area (Å²) in [7, 11) is 0. The van der Waals surface area contributed by atoms with Crippen LogP contribution >= 0.6 is 11.6 Å². The lowest BCUT2D eigenvalue weighted by Crippen LogP contribution is -2.28. The molecule has 0 bridgehead atoms. The maximum Gasteiger partial charge on any atom is 0.248 e. The van der Waals surface area contributed by atoms with Gasteiger partial charge in [-0.05, 0) is 44.4 Å². The SMILES string of the molecule is CC(NC(=O)[C@H]1C[C@@H]1c1nc2cc(Cl)ccc2[nH]1)c1nc(C2CC2)no1. The first-order valence-corrected chi connectivity index (χ1v) is 9.25. The van der Waals surface area contributed by atoms with Crippen molar-refractivity contribution in [3.05, 3.63) is 40.8 Å². The maximum absolute atomic E-state index is 12.5. The largest absolute Gasteiger partial charge is 0.344 e. The smallest absolute Gasteiger partial charge is 0.248 e. The second-order valence-electron chi connectivity index (χ2n) is 7.23. The van der Waals surface area contributed by atoms with Crippen LogP contribution in [0.5, 0.6) is 0 Å². The van der Waals surface area contributed by atoms with Gasteiger partial charge < -0.3 is 14.8 Å². The molecular weight excluding hydrogens is 354 g/mol. The minimum atomic E-state index is -0.293. The van der Waals surface area contributed by atoms with E-state index in [1.54, 1.807) is 0 Å². The Morgan fingerprint density at radius 3 is 3.04 bits per heavy atom. The van der Waals surface area contributed by atoms with Gasteiger partial charge in [0.15, 0.2) is 5.82 Å². The van der Waals surface area contributed by atoms with E-state index >= 15 is 0 Å². The van der Waals surface area contributed by atoms with Gasteiger partial charge >= 0.3 is 0 Å². The van der Waals surface area contributed by atoms with Crippen molar-refractivity contribution in [2.24, 2.45) is 5.92 Å². The van der Waals surface area contributed by atoms with Gasteiger partial charge in [-0.1, -0.05) is 16.8 Å². The zero-order valence-corrected chi connectivity index (χ0v) is 15.0. The number of rotatable bonds is 5. The van der Waals surface area contributed by atoms with Crippen molar-refractivity contribution in [2.75, 3.05) is 0 Å². The van der Waals surface area contributed by atoms with Crippen LogP contribution in [0.25, 0.3) is 11.0 Å². The summed E-state index contributed by atoms with van der Waals surface area (Å²) in [5.41, 5.74) is 1.76. The fraction of sp³-hybridized carbons (Fsp3) is 0.444. The van der Waals surface area contributed by atoms with E-state index in [1.807, 2.05) is 25.1 Å². The van der Waals surface area contributed by atoms with E-state index < -0.39 is 0 Å². The van der Waals surface area contributed by atoms with E-state index in [0.29, 0.717) is 16.8 Å². The first kappa shape index (κ1) is 15.8. The molecule has 0 spiro atoms. The van der Waals surface area contributed by atoms with Gasteiger partial charge in [0, 0.05) is 22.8 Å². The third-order valence-corrected chi connectivity index (χ3v) is 5.31. The quantitative estimate of drug-likeness (QED) is 0.715. The molecule has 2 aliphatic rings. The number of carbonyl (C=O) groups excluding carboxylic acids is 1. The summed E-state index contributed by atoms with van der Waals surface area (Å²) in [5.74, 6) is 2.51. The van der Waals surface area contributed by atoms with Gasteiger partial charge in [0.1, 0.15) is 11.9 Å². The van der Waals surface area contributed by atoms with Gasteiger partial charge in [0.2, 0.25) is 11.8 Å². The van der Waals surface area contributed by atoms with Crippen LogP contribution in [0.2, 0.25) is 5.02 Å². The first-order valence-electron chi connectivity index (χ1n) is 8.87. The number of hydrogen-bond donors (Lipinski definition) is 2. The number of imidazole rings is 1. The van der Waals surface area contributed by atoms with Crippen LogP contribution in [0.15, 0.2) is 22.7 Å². The Hall–Kier alpha value is -2.41. The van der Waals surface area contributed by atoms with Crippen molar-refractivity contribution < 1.29 is 9.32 Å². The molecule has 8 heteroatoms. The highest BCUT2D eigenvalue weighted by molar-refractivity contribution is 6.31. The number of nitrogens with zero attached hydrogens (tertiary/aromatic N) is 3. The number of aromatic nitrogens is 4. The maximum atomic E-state index is 12.5. The highest BCUT2D eigenvalue weighted by atomic mass is 35.5. The molecule has 2 saturated carbocycles. The van der Waals surface area contributed by atoms with Crippen molar-refractivity contribution in [2.45, 2.75) is 44.1 Å². The van der Waals surface area contributed by atoms with Crippen LogP contribution < -0.4 is 5.32 Å². The van der Waals surface area contributed by atoms with Gasteiger partial charge in [0.05, 0.1) is 11.0 Å². The van der Waals surface area contributed by atoms with Crippen LogP contribution in [0.4, 0.5) is 0 Å². The number of amides is 1. The summed E-state index contributed by atoms with van der Waals surface area (Å²) in [6.07, 6.45) is 3.02. The highest BCUT2D eigenvalue weighted by Gasteiger charge is 2.46. The normalized spacial score (nSPS) is 23.2. The minimum Gasteiger partial charge on any atom is -0.344 e. The van der Waals surface area contributed by atoms with Crippen molar-refractivity contribution in [1.82, 2.24) is 25.4 Å². The molecule has 0 saturated heterocycles. The standard InChI is InChI=1S/C18H18ClN5O2/c1-8(18-23-15(24-26-18)9-2-3-9)20-17(25)12-7-11(12)16-21-13-5-4-10(19)6-14(13)22-16/h4-6,8-9,11-12H,2-3,7H2,1H3,(H,20,25)(H,21,22)/t8?,11-,12-/m0/s1. The number of hydrogen-bond acceptors (Lipinski definition) is 5. The molecule has 2 N–H and O–H groups in total. The Morgan fingerprint density at radius 2 is 2.23 bits per heavy atom. The molecule has 1 amide bonds. The third kappa shape index (κ3) is 2.86. The van der Waals surface area contributed by atoms with E-state index in [-0.39, 0.29) is 23.8 Å². The molecular formula is C18H18ClN5O2. The predicted molar refractivity (Wildman–Crippen MR) is 94.8 cm³/mol. The number of benzene rings is 1. The Kier molecular flexibility index (Phi) is 3.53. The molecule has 7 nitrogen and oxygen atoms in total. The molecule has 2 fully saturated rings. The lowest BCUT2D eigenvalue weighted by molar-refractivity contribution is -0.123. The number of aromatic amines is 1. The molecule has 134 valence electrons. The van der Waals surface area contributed by atoms with Crippen LogP contribution in [0.1, 0.15) is 61.6 Å². The van der Waals surface area contributed by atoms with E-state index in [2.05, 4.69) is 25.4 Å². The minimum absolute atomic E-state index is 0.00726. The summed E-state index contributed by atoms with van der Waals surface area (Å²) in [5, 5.41) is 7.63. The average Bonchev–Trinajstić information content (AvgIpc) is 3.53. The number of halogens is 1. The number of nitrogens with one attached hydrogen (secondary N) is 2. The van der Waals surface area contributed by atoms with Gasteiger partial charge in [-0.25, -0.2) is 4.98 Å². The average molecular weight is 372 g/mol. The predicted octanol–water partition coefficient (Wildman–Crippen LogP) is 3.46. The summed E-state index contributed by atoms with van der Waals surface area (Å²) >= 11 is 6.00. The summed E-state index contributed by atoms with van der Waals surface area (Å²) < 4.78 is 5.28. The van der Waals surface area contributed by atoms with Gasteiger partial charge in [0.25, 0.3) is 0 Å². The van der Waals surface area contributed by atoms with Crippen LogP contribution in [-0.4, -0.2) is 26.0 Å². The molecule has 1 unspecified atom stereocenters. The monoisotopic (exact) mass is 371 g/mol. The summed E-state index contributed by atoms with van der Waals surface area (Å²) in [4.78, 5) is 24.8. The van der Waals surface area contributed by atoms with Crippen molar-refractivity contribution in [1.29, 1.82) is 0 Å². The number of carbonyl (C=O) groups is 1. The van der Waals surface area contributed by atoms with E-state index in [1.165, 1.54) is 0 Å². The van der Waals surface area contributed by atoms with Crippen molar-refractivity contribution in [3.8, 4) is 0 Å². The summed E-state index contributed by atoms with van der Waals surface area (Å²) in [6.45, 7) is 1.86. The molecule has 2 heterocycles. The van der Waals surface area contributed by atoms with Gasteiger partial charge in [-0.3, -0.25) is 4.79 Å². The van der Waals surface area contributed by atoms with Crippen molar-refractivity contribution in [3.63, 3.8) is 0 Å². The summed E-state index contributed by atoms with van der Waals surface area (Å²) in [6, 6.07) is 5.26. The topological polar surface area (TPSA) is 96.7 Å². The van der Waals surface area contributed by atoms with E-state index in [0.717, 1.165) is 41.9 Å². The highest BCUT2D eigenvalue weighted by Crippen LogP contribution is 2.47.